The molecule has 5 nitrogen and oxygen atoms in total. The summed E-state index contributed by atoms with van der Waals surface area (Å²) in [7, 11) is 1.64. The molecule has 0 saturated carbocycles. The van der Waals surface area contributed by atoms with Gasteiger partial charge in [0.05, 0.1) is 0 Å². The van der Waals surface area contributed by atoms with Crippen molar-refractivity contribution in [2.24, 2.45) is 0 Å². The first-order valence-electron chi connectivity index (χ1n) is 8.07. The van der Waals surface area contributed by atoms with Gasteiger partial charge in [-0.15, -0.1) is 0 Å². The third kappa shape index (κ3) is 3.55. The second-order valence-corrected chi connectivity index (χ2v) is 6.37. The van der Waals surface area contributed by atoms with E-state index in [1.807, 2.05) is 39.0 Å². The summed E-state index contributed by atoms with van der Waals surface area (Å²) >= 11 is 0. The lowest BCUT2D eigenvalue weighted by atomic mass is 9.96. The lowest BCUT2D eigenvalue weighted by Gasteiger charge is -2.34. The number of amides is 2. The lowest BCUT2D eigenvalue weighted by molar-refractivity contribution is -0.127. The highest BCUT2D eigenvalue weighted by atomic mass is 16.5. The van der Waals surface area contributed by atoms with Crippen LogP contribution in [0.4, 0.5) is 5.69 Å². The van der Waals surface area contributed by atoms with Crippen LogP contribution in [0.1, 0.15) is 37.3 Å². The van der Waals surface area contributed by atoms with E-state index < -0.39 is 5.54 Å². The van der Waals surface area contributed by atoms with E-state index in [9.17, 15) is 9.59 Å². The molecule has 0 unspecified atom stereocenters. The number of ether oxygens (including phenoxy) is 1. The highest BCUT2D eigenvalue weighted by Crippen LogP contribution is 2.36. The summed E-state index contributed by atoms with van der Waals surface area (Å²) < 4.78 is 4.99. The van der Waals surface area contributed by atoms with E-state index in [1.165, 1.54) is 5.56 Å². The highest BCUT2D eigenvalue weighted by molar-refractivity contribution is 6.06. The molecule has 1 aliphatic heterocycles. The zero-order valence-electron chi connectivity index (χ0n) is 14.4. The number of hydrogen-bond acceptors (Lipinski definition) is 3. The fraction of sp³-hybridized carbons (Fsp3) is 0.556. The minimum atomic E-state index is -0.828. The Hall–Kier alpha value is -1.88. The number of methoxy groups -OCH3 is 1. The first-order valence-corrected chi connectivity index (χ1v) is 8.07. The van der Waals surface area contributed by atoms with Gasteiger partial charge in [-0.2, -0.15) is 0 Å². The minimum Gasteiger partial charge on any atom is -0.385 e. The Morgan fingerprint density at radius 3 is 2.74 bits per heavy atom. The van der Waals surface area contributed by atoms with Gasteiger partial charge in [0.2, 0.25) is 11.8 Å². The largest absolute Gasteiger partial charge is 0.385 e. The van der Waals surface area contributed by atoms with E-state index >= 15 is 0 Å². The maximum absolute atomic E-state index is 12.7. The van der Waals surface area contributed by atoms with Gasteiger partial charge >= 0.3 is 0 Å². The molecule has 2 amide bonds. The Bertz CT molecular complexity index is 600. The Balaban J connectivity index is 2.20. The number of benzene rings is 1. The SMILES string of the molecule is COCCCNC(=O)[C@]1(C)CCC(=O)N1c1ccc(C)c(C)c1. The van der Waals surface area contributed by atoms with Gasteiger partial charge in [-0.05, 0) is 56.9 Å². The average molecular weight is 318 g/mol. The van der Waals surface area contributed by atoms with Crippen molar-refractivity contribution in [2.45, 2.75) is 45.6 Å². The van der Waals surface area contributed by atoms with Crippen LogP contribution in [0.15, 0.2) is 18.2 Å². The van der Waals surface area contributed by atoms with Crippen molar-refractivity contribution in [3.63, 3.8) is 0 Å². The van der Waals surface area contributed by atoms with Crippen molar-refractivity contribution >= 4 is 17.5 Å². The van der Waals surface area contributed by atoms with Crippen LogP contribution in [0.5, 0.6) is 0 Å². The first kappa shape index (κ1) is 17.5. The van der Waals surface area contributed by atoms with Crippen LogP contribution in [0.25, 0.3) is 0 Å². The molecule has 0 bridgehead atoms. The molecule has 1 aromatic carbocycles. The predicted octanol–water partition coefficient (Wildman–Crippen LogP) is 2.34. The van der Waals surface area contributed by atoms with Crippen LogP contribution in [-0.4, -0.2) is 37.6 Å². The Kier molecular flexibility index (Phi) is 5.42. The van der Waals surface area contributed by atoms with Crippen molar-refractivity contribution in [1.82, 2.24) is 5.32 Å². The summed E-state index contributed by atoms with van der Waals surface area (Å²) in [5, 5.41) is 2.93. The normalized spacial score (nSPS) is 20.9. The van der Waals surface area contributed by atoms with Gasteiger partial charge in [-0.1, -0.05) is 6.07 Å². The zero-order chi connectivity index (χ0) is 17.0. The van der Waals surface area contributed by atoms with Crippen LogP contribution in [0.2, 0.25) is 0 Å². The van der Waals surface area contributed by atoms with Gasteiger partial charge < -0.3 is 10.1 Å². The molecule has 0 aromatic heterocycles. The summed E-state index contributed by atoms with van der Waals surface area (Å²) in [6, 6.07) is 5.89. The fourth-order valence-electron chi connectivity index (χ4n) is 2.97. The monoisotopic (exact) mass is 318 g/mol. The second-order valence-electron chi connectivity index (χ2n) is 6.37. The smallest absolute Gasteiger partial charge is 0.246 e. The molecular weight excluding hydrogens is 292 g/mol. The average Bonchev–Trinajstić information content (AvgIpc) is 2.83. The van der Waals surface area contributed by atoms with E-state index in [4.69, 9.17) is 4.74 Å². The fourth-order valence-corrected chi connectivity index (χ4v) is 2.97. The van der Waals surface area contributed by atoms with Gasteiger partial charge in [0.25, 0.3) is 0 Å². The van der Waals surface area contributed by atoms with E-state index in [2.05, 4.69) is 5.32 Å². The molecule has 1 atom stereocenters. The van der Waals surface area contributed by atoms with Gasteiger partial charge in [0.15, 0.2) is 0 Å². The number of hydrogen-bond donors (Lipinski definition) is 1. The Morgan fingerprint density at radius 1 is 1.35 bits per heavy atom. The lowest BCUT2D eigenvalue weighted by Crippen LogP contribution is -2.55. The predicted molar refractivity (Wildman–Crippen MR) is 90.5 cm³/mol. The quantitative estimate of drug-likeness (QED) is 0.819. The molecule has 1 aliphatic rings. The molecule has 1 heterocycles. The molecule has 1 saturated heterocycles. The van der Waals surface area contributed by atoms with Crippen LogP contribution < -0.4 is 10.2 Å². The number of carbonyl (C=O) groups excluding carboxylic acids is 2. The highest BCUT2D eigenvalue weighted by Gasteiger charge is 2.47. The maximum atomic E-state index is 12.7. The number of rotatable bonds is 6. The number of aryl methyl sites for hydroxylation is 2. The number of nitrogens with zero attached hydrogens (tertiary/aromatic N) is 1. The van der Waals surface area contributed by atoms with E-state index in [0.29, 0.717) is 26.0 Å². The molecule has 5 heteroatoms. The summed E-state index contributed by atoms with van der Waals surface area (Å²) in [6.45, 7) is 7.06. The maximum Gasteiger partial charge on any atom is 0.246 e. The number of nitrogens with one attached hydrogen (secondary N) is 1. The molecule has 1 fully saturated rings. The van der Waals surface area contributed by atoms with Gasteiger partial charge in [0, 0.05) is 32.4 Å². The number of carbonyl (C=O) groups is 2. The summed E-state index contributed by atoms with van der Waals surface area (Å²) in [4.78, 5) is 26.7. The van der Waals surface area contributed by atoms with Gasteiger partial charge in [-0.3, -0.25) is 14.5 Å². The molecule has 23 heavy (non-hydrogen) atoms. The molecule has 1 N–H and O–H groups in total. The van der Waals surface area contributed by atoms with E-state index in [-0.39, 0.29) is 11.8 Å². The summed E-state index contributed by atoms with van der Waals surface area (Å²) in [5.41, 5.74) is 2.26. The third-order valence-electron chi connectivity index (χ3n) is 4.62. The van der Waals surface area contributed by atoms with E-state index in [1.54, 1.807) is 12.0 Å². The number of anilines is 1. The van der Waals surface area contributed by atoms with Crippen molar-refractivity contribution in [3.05, 3.63) is 29.3 Å². The van der Waals surface area contributed by atoms with Gasteiger partial charge in [-0.25, -0.2) is 0 Å². The second kappa shape index (κ2) is 7.13. The summed E-state index contributed by atoms with van der Waals surface area (Å²) in [6.07, 6.45) is 1.69. The van der Waals surface area contributed by atoms with Crippen molar-refractivity contribution in [3.8, 4) is 0 Å². The molecule has 2 rings (SSSR count). The topological polar surface area (TPSA) is 58.6 Å². The summed E-state index contributed by atoms with van der Waals surface area (Å²) in [5.74, 6) is -0.0968. The molecule has 0 aliphatic carbocycles. The minimum absolute atomic E-state index is 0.00259. The Labute approximate surface area is 138 Å². The molecule has 0 radical (unpaired) electrons. The molecule has 126 valence electrons. The van der Waals surface area contributed by atoms with Crippen molar-refractivity contribution in [2.75, 3.05) is 25.2 Å². The van der Waals surface area contributed by atoms with Crippen LogP contribution >= 0.6 is 0 Å². The Morgan fingerprint density at radius 2 is 2.09 bits per heavy atom. The van der Waals surface area contributed by atoms with Crippen LogP contribution in [-0.2, 0) is 14.3 Å². The van der Waals surface area contributed by atoms with Crippen molar-refractivity contribution in [1.29, 1.82) is 0 Å². The molecule has 0 spiro atoms. The van der Waals surface area contributed by atoms with Crippen LogP contribution in [0, 0.1) is 13.8 Å². The zero-order valence-corrected chi connectivity index (χ0v) is 14.4. The van der Waals surface area contributed by atoms with E-state index in [0.717, 1.165) is 17.7 Å². The molecule has 1 aromatic rings. The third-order valence-corrected chi connectivity index (χ3v) is 4.62. The first-order chi connectivity index (χ1) is 10.9. The van der Waals surface area contributed by atoms with Crippen molar-refractivity contribution < 1.29 is 14.3 Å². The molecular formula is C18H26N2O3. The standard InChI is InChI=1S/C18H26N2O3/c1-13-6-7-15(12-14(13)2)20-16(21)8-9-18(20,3)17(22)19-10-5-11-23-4/h6-7,12H,5,8-11H2,1-4H3,(H,19,22)/t18-/m0/s1. The van der Waals surface area contributed by atoms with Crippen LogP contribution in [0.3, 0.4) is 0 Å². The van der Waals surface area contributed by atoms with Gasteiger partial charge in [0.1, 0.15) is 5.54 Å².